The summed E-state index contributed by atoms with van der Waals surface area (Å²) >= 11 is 5.57. The van der Waals surface area contributed by atoms with Gasteiger partial charge in [-0.1, -0.05) is 51.5 Å². The Morgan fingerprint density at radius 3 is 2.33 bits per heavy atom. The Morgan fingerprint density at radius 2 is 1.75 bits per heavy atom. The number of aryl methyl sites for hydroxylation is 1. The predicted octanol–water partition coefficient (Wildman–Crippen LogP) is 6.01. The minimum atomic E-state index is -0.430. The van der Waals surface area contributed by atoms with E-state index in [-0.39, 0.29) is 17.8 Å². The van der Waals surface area contributed by atoms with Gasteiger partial charge in [-0.05, 0) is 80.2 Å². The third-order valence-electron chi connectivity index (χ3n) is 6.22. The first-order valence-electron chi connectivity index (χ1n) is 12.7. The van der Waals surface area contributed by atoms with Crippen molar-refractivity contribution in [2.75, 3.05) is 18.5 Å². The number of nitrogens with one attached hydrogen (secondary N) is 2. The molecule has 2 aromatic carbocycles. The summed E-state index contributed by atoms with van der Waals surface area (Å²) in [5.41, 5.74) is 4.74. The first-order valence-corrected chi connectivity index (χ1v) is 13.1. The maximum absolute atomic E-state index is 13.1. The van der Waals surface area contributed by atoms with Gasteiger partial charge >= 0.3 is 5.97 Å². The van der Waals surface area contributed by atoms with E-state index in [1.807, 2.05) is 81.1 Å². The van der Waals surface area contributed by atoms with Gasteiger partial charge in [0.15, 0.2) is 5.11 Å². The van der Waals surface area contributed by atoms with Gasteiger partial charge in [-0.3, -0.25) is 4.79 Å². The summed E-state index contributed by atoms with van der Waals surface area (Å²) in [6, 6.07) is 14.8. The quantitative estimate of drug-likeness (QED) is 0.303. The van der Waals surface area contributed by atoms with Gasteiger partial charge in [0.1, 0.15) is 0 Å². The highest BCUT2D eigenvalue weighted by molar-refractivity contribution is 7.80. The van der Waals surface area contributed by atoms with Crippen LogP contribution in [0.5, 0.6) is 0 Å². The van der Waals surface area contributed by atoms with Crippen molar-refractivity contribution < 1.29 is 14.3 Å². The Kier molecular flexibility index (Phi) is 9.65. The zero-order valence-electron chi connectivity index (χ0n) is 21.9. The highest BCUT2D eigenvalue weighted by atomic mass is 32.1. The standard InChI is InChI=1S/C29H37N3O3S/c1-6-8-9-21-10-12-23(13-11-21)27(33)30-24-16-14-22(15-17-24)26-25(28(34)35-18-19(3)4)20(5)32(7-2)29(36)31-26/h10-17,19,26H,6-9,18H2,1-5H3,(H,30,33)(H,31,36). The van der Waals surface area contributed by atoms with E-state index in [9.17, 15) is 9.59 Å². The SMILES string of the molecule is CCCCc1ccc(C(=O)Nc2ccc(C3NC(=S)N(CC)C(C)=C3C(=O)OCC(C)C)cc2)cc1. The number of anilines is 1. The van der Waals surface area contributed by atoms with E-state index < -0.39 is 6.04 Å². The highest BCUT2D eigenvalue weighted by Gasteiger charge is 2.34. The number of unbranched alkanes of at least 4 members (excludes halogenated alkanes) is 1. The van der Waals surface area contributed by atoms with Gasteiger partial charge in [0, 0.05) is 23.5 Å². The molecular formula is C29H37N3O3S. The van der Waals surface area contributed by atoms with Crippen LogP contribution in [-0.2, 0) is 16.0 Å². The fourth-order valence-electron chi connectivity index (χ4n) is 4.16. The Labute approximate surface area is 220 Å². The van der Waals surface area contributed by atoms with Crippen molar-refractivity contribution in [1.82, 2.24) is 10.2 Å². The maximum atomic E-state index is 13.1. The lowest BCUT2D eigenvalue weighted by atomic mass is 9.94. The van der Waals surface area contributed by atoms with E-state index in [0.29, 0.717) is 35.1 Å². The summed E-state index contributed by atoms with van der Waals surface area (Å²) in [7, 11) is 0. The molecule has 0 saturated heterocycles. The number of amides is 1. The van der Waals surface area contributed by atoms with Crippen LogP contribution in [-0.4, -0.2) is 35.0 Å². The third-order valence-corrected chi connectivity index (χ3v) is 6.56. The van der Waals surface area contributed by atoms with Crippen LogP contribution >= 0.6 is 12.2 Å². The lowest BCUT2D eigenvalue weighted by Crippen LogP contribution is -2.47. The molecule has 2 aromatic rings. The molecule has 1 unspecified atom stereocenters. The zero-order valence-corrected chi connectivity index (χ0v) is 22.7. The van der Waals surface area contributed by atoms with Crippen LogP contribution in [0.1, 0.15) is 75.0 Å². The Hall–Kier alpha value is -3.19. The molecule has 1 heterocycles. The molecule has 36 heavy (non-hydrogen) atoms. The predicted molar refractivity (Wildman–Crippen MR) is 149 cm³/mol. The van der Waals surface area contributed by atoms with Gasteiger partial charge in [-0.2, -0.15) is 0 Å². The molecule has 1 atom stereocenters. The minimum Gasteiger partial charge on any atom is -0.462 e. The van der Waals surface area contributed by atoms with Crippen molar-refractivity contribution in [3.63, 3.8) is 0 Å². The summed E-state index contributed by atoms with van der Waals surface area (Å²) in [6.07, 6.45) is 3.31. The van der Waals surface area contributed by atoms with Gasteiger partial charge in [0.25, 0.3) is 5.91 Å². The number of carbonyl (C=O) groups excluding carboxylic acids is 2. The number of carbonyl (C=O) groups is 2. The average Bonchev–Trinajstić information content (AvgIpc) is 2.86. The Balaban J connectivity index is 1.77. The zero-order chi connectivity index (χ0) is 26.2. The summed E-state index contributed by atoms with van der Waals surface area (Å²) in [6.45, 7) is 11.1. The molecule has 2 N–H and O–H groups in total. The molecule has 0 aromatic heterocycles. The molecule has 7 heteroatoms. The van der Waals surface area contributed by atoms with Gasteiger partial charge in [-0.25, -0.2) is 4.79 Å². The van der Waals surface area contributed by atoms with Crippen LogP contribution in [0.4, 0.5) is 5.69 Å². The molecule has 1 aliphatic heterocycles. The van der Waals surface area contributed by atoms with Gasteiger partial charge in [0.05, 0.1) is 18.2 Å². The lowest BCUT2D eigenvalue weighted by Gasteiger charge is -2.37. The molecular weight excluding hydrogens is 470 g/mol. The van der Waals surface area contributed by atoms with E-state index in [4.69, 9.17) is 17.0 Å². The van der Waals surface area contributed by atoms with Gasteiger partial charge in [0.2, 0.25) is 0 Å². The van der Waals surface area contributed by atoms with E-state index >= 15 is 0 Å². The molecule has 0 radical (unpaired) electrons. The lowest BCUT2D eigenvalue weighted by molar-refractivity contribution is -0.140. The fraction of sp³-hybridized carbons (Fsp3) is 0.414. The average molecular weight is 508 g/mol. The molecule has 0 aliphatic carbocycles. The molecule has 3 rings (SSSR count). The van der Waals surface area contributed by atoms with E-state index in [2.05, 4.69) is 17.6 Å². The Bertz CT molecular complexity index is 1110. The van der Waals surface area contributed by atoms with E-state index in [1.54, 1.807) is 0 Å². The third kappa shape index (κ3) is 6.72. The topological polar surface area (TPSA) is 70.7 Å². The molecule has 0 saturated carbocycles. The second-order valence-electron chi connectivity index (χ2n) is 9.49. The molecule has 0 fully saturated rings. The summed E-state index contributed by atoms with van der Waals surface area (Å²) in [5.74, 6) is -0.267. The van der Waals surface area contributed by atoms with Crippen molar-refractivity contribution in [2.45, 2.75) is 59.9 Å². The molecule has 6 nitrogen and oxygen atoms in total. The summed E-state index contributed by atoms with van der Waals surface area (Å²) in [5, 5.41) is 6.82. The first-order chi connectivity index (χ1) is 17.2. The maximum Gasteiger partial charge on any atom is 0.338 e. The molecule has 0 bridgehead atoms. The van der Waals surface area contributed by atoms with E-state index in [1.165, 1.54) is 5.56 Å². The van der Waals surface area contributed by atoms with Gasteiger partial charge < -0.3 is 20.3 Å². The van der Waals surface area contributed by atoms with Gasteiger partial charge in [-0.15, -0.1) is 0 Å². The van der Waals surface area contributed by atoms with Crippen LogP contribution in [0.25, 0.3) is 0 Å². The number of hydrogen-bond acceptors (Lipinski definition) is 4. The fourth-order valence-corrected chi connectivity index (χ4v) is 4.55. The van der Waals surface area contributed by atoms with Crippen molar-refractivity contribution >= 4 is 34.9 Å². The van der Waals surface area contributed by atoms with Crippen LogP contribution in [0, 0.1) is 5.92 Å². The van der Waals surface area contributed by atoms with Crippen molar-refractivity contribution in [1.29, 1.82) is 0 Å². The number of hydrogen-bond donors (Lipinski definition) is 2. The van der Waals surface area contributed by atoms with Crippen LogP contribution in [0.3, 0.4) is 0 Å². The van der Waals surface area contributed by atoms with Crippen molar-refractivity contribution in [2.24, 2.45) is 5.92 Å². The monoisotopic (exact) mass is 507 g/mol. The number of ether oxygens (including phenoxy) is 1. The number of esters is 1. The number of nitrogens with zero attached hydrogens (tertiary/aromatic N) is 1. The molecule has 1 aliphatic rings. The highest BCUT2D eigenvalue weighted by Crippen LogP contribution is 2.32. The van der Waals surface area contributed by atoms with Crippen LogP contribution in [0.15, 0.2) is 59.8 Å². The van der Waals surface area contributed by atoms with Crippen molar-refractivity contribution in [3.8, 4) is 0 Å². The second kappa shape index (κ2) is 12.7. The van der Waals surface area contributed by atoms with E-state index in [0.717, 1.165) is 30.5 Å². The van der Waals surface area contributed by atoms with Crippen molar-refractivity contribution in [3.05, 3.63) is 76.5 Å². The normalized spacial score (nSPS) is 15.7. The number of benzene rings is 2. The molecule has 1 amide bonds. The Morgan fingerprint density at radius 1 is 1.08 bits per heavy atom. The second-order valence-corrected chi connectivity index (χ2v) is 9.88. The number of allylic oxidation sites excluding steroid dienone is 1. The van der Waals surface area contributed by atoms with Crippen LogP contribution < -0.4 is 10.6 Å². The van der Waals surface area contributed by atoms with Crippen LogP contribution in [0.2, 0.25) is 0 Å². The largest absolute Gasteiger partial charge is 0.462 e. The smallest absolute Gasteiger partial charge is 0.338 e. The molecule has 0 spiro atoms. The molecule has 192 valence electrons. The first kappa shape index (κ1) is 27.4. The number of rotatable bonds is 10. The number of thiocarbonyl (C=S) groups is 1. The summed E-state index contributed by atoms with van der Waals surface area (Å²) in [4.78, 5) is 27.7. The minimum absolute atomic E-state index is 0.158. The summed E-state index contributed by atoms with van der Waals surface area (Å²) < 4.78 is 5.58.